The number of rotatable bonds is 3. The number of aliphatic hydroxyl groups is 1. The van der Waals surface area contributed by atoms with Crippen molar-refractivity contribution in [2.24, 2.45) is 11.3 Å². The first-order chi connectivity index (χ1) is 6.32. The minimum absolute atomic E-state index is 0.250. The summed E-state index contributed by atoms with van der Waals surface area (Å²) in [6, 6.07) is -0.382. The van der Waals surface area contributed by atoms with E-state index in [0.717, 1.165) is 12.8 Å². The van der Waals surface area contributed by atoms with E-state index in [1.165, 1.54) is 0 Å². The SMILES string of the molecule is CC(C)(C)C(NC(=O)O)C(O)C1CC1. The van der Waals surface area contributed by atoms with Gasteiger partial charge in [0.25, 0.3) is 0 Å². The molecule has 1 rings (SSSR count). The number of hydrogen-bond donors (Lipinski definition) is 3. The molecule has 2 atom stereocenters. The molecule has 1 fully saturated rings. The Labute approximate surface area is 84.3 Å². The van der Waals surface area contributed by atoms with Gasteiger partial charge in [0.05, 0.1) is 12.1 Å². The third-order valence-electron chi connectivity index (χ3n) is 2.66. The molecule has 4 nitrogen and oxygen atoms in total. The lowest BCUT2D eigenvalue weighted by Crippen LogP contribution is -2.51. The monoisotopic (exact) mass is 201 g/mol. The number of amides is 1. The van der Waals surface area contributed by atoms with Gasteiger partial charge in [0.1, 0.15) is 0 Å². The first-order valence-corrected chi connectivity index (χ1v) is 5.00. The number of carboxylic acid groups (broad SMARTS) is 1. The maximum absolute atomic E-state index is 10.6. The zero-order chi connectivity index (χ0) is 10.9. The van der Waals surface area contributed by atoms with Crippen LogP contribution in [0.1, 0.15) is 33.6 Å². The summed E-state index contributed by atoms with van der Waals surface area (Å²) in [5.41, 5.74) is -0.250. The van der Waals surface area contributed by atoms with Crippen LogP contribution in [0.5, 0.6) is 0 Å². The van der Waals surface area contributed by atoms with Crippen LogP contribution in [0, 0.1) is 11.3 Å². The normalized spacial score (nSPS) is 21.4. The molecule has 82 valence electrons. The molecule has 0 aromatic rings. The maximum Gasteiger partial charge on any atom is 0.404 e. The Bertz CT molecular complexity index is 218. The van der Waals surface area contributed by atoms with Crippen molar-refractivity contribution in [3.8, 4) is 0 Å². The number of carbonyl (C=O) groups is 1. The minimum Gasteiger partial charge on any atom is -0.465 e. The lowest BCUT2D eigenvalue weighted by Gasteiger charge is -2.34. The van der Waals surface area contributed by atoms with Gasteiger partial charge in [0, 0.05) is 0 Å². The van der Waals surface area contributed by atoms with Crippen molar-refractivity contribution in [3.63, 3.8) is 0 Å². The number of aliphatic hydroxyl groups excluding tert-OH is 1. The quantitative estimate of drug-likeness (QED) is 0.647. The molecule has 0 heterocycles. The molecule has 0 saturated heterocycles. The van der Waals surface area contributed by atoms with Crippen molar-refractivity contribution in [2.45, 2.75) is 45.8 Å². The van der Waals surface area contributed by atoms with E-state index in [2.05, 4.69) is 5.32 Å². The molecule has 14 heavy (non-hydrogen) atoms. The van der Waals surface area contributed by atoms with Crippen molar-refractivity contribution in [1.29, 1.82) is 0 Å². The van der Waals surface area contributed by atoms with Gasteiger partial charge in [-0.05, 0) is 24.2 Å². The first kappa shape index (κ1) is 11.3. The van der Waals surface area contributed by atoms with E-state index in [1.54, 1.807) is 0 Å². The van der Waals surface area contributed by atoms with Gasteiger partial charge in [-0.1, -0.05) is 20.8 Å². The molecule has 1 saturated carbocycles. The molecule has 3 N–H and O–H groups in total. The first-order valence-electron chi connectivity index (χ1n) is 5.00. The summed E-state index contributed by atoms with van der Waals surface area (Å²) in [5, 5.41) is 21.0. The molecule has 0 radical (unpaired) electrons. The standard InChI is InChI=1S/C10H19NO3/c1-10(2,3)8(11-9(13)14)7(12)6-4-5-6/h6-8,11-12H,4-5H2,1-3H3,(H,13,14). The number of hydrogen-bond acceptors (Lipinski definition) is 2. The van der Waals surface area contributed by atoms with E-state index in [4.69, 9.17) is 5.11 Å². The summed E-state index contributed by atoms with van der Waals surface area (Å²) in [6.07, 6.45) is 0.403. The maximum atomic E-state index is 10.6. The molecule has 0 aromatic carbocycles. The fourth-order valence-corrected chi connectivity index (χ4v) is 1.66. The molecule has 4 heteroatoms. The summed E-state index contributed by atoms with van der Waals surface area (Å²) < 4.78 is 0. The highest BCUT2D eigenvalue weighted by molar-refractivity contribution is 5.65. The minimum atomic E-state index is -1.07. The van der Waals surface area contributed by atoms with Gasteiger partial charge in [0.15, 0.2) is 0 Å². The largest absolute Gasteiger partial charge is 0.465 e. The van der Waals surface area contributed by atoms with Gasteiger partial charge < -0.3 is 15.5 Å². The van der Waals surface area contributed by atoms with Crippen molar-refractivity contribution in [3.05, 3.63) is 0 Å². The smallest absolute Gasteiger partial charge is 0.404 e. The summed E-state index contributed by atoms with van der Waals surface area (Å²) in [7, 11) is 0. The fraction of sp³-hybridized carbons (Fsp3) is 0.900. The molecule has 1 aliphatic carbocycles. The molecule has 0 bridgehead atoms. The van der Waals surface area contributed by atoms with E-state index in [1.807, 2.05) is 20.8 Å². The second-order valence-electron chi connectivity index (χ2n) is 5.12. The Kier molecular flexibility index (Phi) is 3.04. The van der Waals surface area contributed by atoms with Gasteiger partial charge in [-0.2, -0.15) is 0 Å². The highest BCUT2D eigenvalue weighted by Crippen LogP contribution is 2.37. The van der Waals surface area contributed by atoms with E-state index in [9.17, 15) is 9.90 Å². The predicted octanol–water partition coefficient (Wildman–Crippen LogP) is 1.44. The average Bonchev–Trinajstić information content (AvgIpc) is 2.78. The summed E-state index contributed by atoms with van der Waals surface area (Å²) in [6.45, 7) is 5.79. The Morgan fingerprint density at radius 2 is 1.93 bits per heavy atom. The number of nitrogens with one attached hydrogen (secondary N) is 1. The van der Waals surface area contributed by atoms with Crippen LogP contribution >= 0.6 is 0 Å². The Balaban J connectivity index is 2.64. The highest BCUT2D eigenvalue weighted by atomic mass is 16.4. The summed E-state index contributed by atoms with van der Waals surface area (Å²) in [4.78, 5) is 10.6. The van der Waals surface area contributed by atoms with Crippen molar-refractivity contribution in [2.75, 3.05) is 0 Å². The summed E-state index contributed by atoms with van der Waals surface area (Å²) >= 11 is 0. The molecular formula is C10H19NO3. The third-order valence-corrected chi connectivity index (χ3v) is 2.66. The second-order valence-corrected chi connectivity index (χ2v) is 5.12. The van der Waals surface area contributed by atoms with Crippen molar-refractivity contribution in [1.82, 2.24) is 5.32 Å². The predicted molar refractivity (Wildman–Crippen MR) is 53.1 cm³/mol. The molecule has 0 spiro atoms. The Hall–Kier alpha value is -0.770. The van der Waals surface area contributed by atoms with Gasteiger partial charge in [-0.3, -0.25) is 0 Å². The van der Waals surface area contributed by atoms with Crippen LogP contribution in [0.2, 0.25) is 0 Å². The van der Waals surface area contributed by atoms with Crippen LogP contribution in [-0.2, 0) is 0 Å². The van der Waals surface area contributed by atoms with E-state index in [0.29, 0.717) is 0 Å². The third kappa shape index (κ3) is 2.87. The Morgan fingerprint density at radius 3 is 2.21 bits per heavy atom. The summed E-state index contributed by atoms with van der Waals surface area (Å²) in [5.74, 6) is 0.283. The lowest BCUT2D eigenvalue weighted by molar-refractivity contribution is 0.0536. The molecule has 0 aliphatic heterocycles. The van der Waals surface area contributed by atoms with Crippen LogP contribution < -0.4 is 5.32 Å². The zero-order valence-electron chi connectivity index (χ0n) is 8.95. The van der Waals surface area contributed by atoms with Gasteiger partial charge >= 0.3 is 6.09 Å². The lowest BCUT2D eigenvalue weighted by atomic mass is 9.82. The van der Waals surface area contributed by atoms with Crippen molar-refractivity contribution < 1.29 is 15.0 Å². The van der Waals surface area contributed by atoms with E-state index >= 15 is 0 Å². The van der Waals surface area contributed by atoms with Crippen LogP contribution in [0.15, 0.2) is 0 Å². The van der Waals surface area contributed by atoms with Gasteiger partial charge in [-0.25, -0.2) is 4.79 Å². The average molecular weight is 201 g/mol. The second kappa shape index (κ2) is 3.77. The van der Waals surface area contributed by atoms with Crippen molar-refractivity contribution >= 4 is 6.09 Å². The van der Waals surface area contributed by atoms with Crippen LogP contribution in [0.3, 0.4) is 0 Å². The van der Waals surface area contributed by atoms with E-state index in [-0.39, 0.29) is 17.4 Å². The Morgan fingerprint density at radius 1 is 1.43 bits per heavy atom. The highest BCUT2D eigenvalue weighted by Gasteiger charge is 2.41. The van der Waals surface area contributed by atoms with E-state index < -0.39 is 12.2 Å². The zero-order valence-corrected chi connectivity index (χ0v) is 8.95. The molecule has 1 amide bonds. The van der Waals surface area contributed by atoms with Crippen LogP contribution in [0.4, 0.5) is 4.79 Å². The fourth-order valence-electron chi connectivity index (χ4n) is 1.66. The topological polar surface area (TPSA) is 69.6 Å². The van der Waals surface area contributed by atoms with Gasteiger partial charge in [0.2, 0.25) is 0 Å². The van der Waals surface area contributed by atoms with Crippen LogP contribution in [0.25, 0.3) is 0 Å². The van der Waals surface area contributed by atoms with Gasteiger partial charge in [-0.15, -0.1) is 0 Å². The molecule has 1 aliphatic rings. The molecule has 2 unspecified atom stereocenters. The molecular weight excluding hydrogens is 182 g/mol. The molecule has 0 aromatic heterocycles. The van der Waals surface area contributed by atoms with Crippen LogP contribution in [-0.4, -0.2) is 28.5 Å².